The molecule has 1 rings (SSSR count). The molecule has 0 saturated carbocycles. The highest BCUT2D eigenvalue weighted by Crippen LogP contribution is 2.20. The largest absolute Gasteiger partial charge is 0.497 e. The summed E-state index contributed by atoms with van der Waals surface area (Å²) < 4.78 is 16.3. The minimum atomic E-state index is 0. The van der Waals surface area contributed by atoms with Crippen molar-refractivity contribution in [3.05, 3.63) is 29.8 Å². The molecule has 0 aliphatic heterocycles. The summed E-state index contributed by atoms with van der Waals surface area (Å²) in [6, 6.07) is 8.39. The predicted molar refractivity (Wildman–Crippen MR) is 131 cm³/mol. The van der Waals surface area contributed by atoms with Gasteiger partial charge in [-0.3, -0.25) is 4.99 Å². The van der Waals surface area contributed by atoms with Crippen LogP contribution in [0.5, 0.6) is 5.75 Å². The summed E-state index contributed by atoms with van der Waals surface area (Å²) in [5, 5.41) is 6.67. The van der Waals surface area contributed by atoms with Crippen LogP contribution in [0.15, 0.2) is 29.3 Å². The minimum Gasteiger partial charge on any atom is -0.497 e. The monoisotopic (exact) mass is 522 g/mol. The molecule has 0 aliphatic rings. The van der Waals surface area contributed by atoms with Crippen molar-refractivity contribution < 1.29 is 14.2 Å². The van der Waals surface area contributed by atoms with Crippen LogP contribution in [-0.4, -0.2) is 78.6 Å². The lowest BCUT2D eigenvalue weighted by atomic mass is 10.1. The van der Waals surface area contributed by atoms with Crippen molar-refractivity contribution in [3.8, 4) is 5.75 Å². The SMILES string of the molecule is CCCCOCCOCCNC(=NC)NCC(c1ccc(OC)cc1)N(C)C.I. The molecule has 0 saturated heterocycles. The lowest BCUT2D eigenvalue weighted by Gasteiger charge is -2.26. The number of unbranched alkanes of at least 4 members (excludes halogenated alkanes) is 1. The van der Waals surface area contributed by atoms with Crippen molar-refractivity contribution in [2.75, 3.05) is 67.8 Å². The van der Waals surface area contributed by atoms with E-state index in [4.69, 9.17) is 14.2 Å². The van der Waals surface area contributed by atoms with Gasteiger partial charge in [-0.1, -0.05) is 25.5 Å². The third-order valence-corrected chi connectivity index (χ3v) is 4.36. The molecule has 1 aromatic rings. The van der Waals surface area contributed by atoms with Gasteiger partial charge >= 0.3 is 0 Å². The number of hydrogen-bond donors (Lipinski definition) is 2. The van der Waals surface area contributed by atoms with Crippen LogP contribution in [0.25, 0.3) is 0 Å². The van der Waals surface area contributed by atoms with Crippen molar-refractivity contribution in [1.82, 2.24) is 15.5 Å². The molecule has 0 heterocycles. The van der Waals surface area contributed by atoms with Crippen molar-refractivity contribution >= 4 is 29.9 Å². The van der Waals surface area contributed by atoms with Crippen molar-refractivity contribution in [2.45, 2.75) is 25.8 Å². The fourth-order valence-corrected chi connectivity index (χ4v) is 2.65. The number of likely N-dealkylation sites (N-methyl/N-ethyl adjacent to an activating group) is 1. The molecule has 0 bridgehead atoms. The molecule has 0 amide bonds. The molecule has 7 nitrogen and oxygen atoms in total. The Kier molecular flexibility index (Phi) is 17.1. The fraction of sp³-hybridized carbons (Fsp3) is 0.667. The maximum Gasteiger partial charge on any atom is 0.191 e. The van der Waals surface area contributed by atoms with Crippen LogP contribution < -0.4 is 15.4 Å². The first-order chi connectivity index (χ1) is 13.6. The second-order valence-electron chi connectivity index (χ2n) is 6.71. The predicted octanol–water partition coefficient (Wildman–Crippen LogP) is 2.91. The smallest absolute Gasteiger partial charge is 0.191 e. The second kappa shape index (κ2) is 17.7. The van der Waals surface area contributed by atoms with Gasteiger partial charge < -0.3 is 29.7 Å². The van der Waals surface area contributed by atoms with E-state index < -0.39 is 0 Å². The standard InChI is InChI=1S/C21H38N4O3.HI/c1-6-7-13-27-15-16-28-14-12-23-21(22-2)24-17-20(25(3)4)18-8-10-19(26-5)11-9-18;/h8-11,20H,6-7,12-17H2,1-5H3,(H2,22,23,24);1H. The zero-order chi connectivity index (χ0) is 20.6. The van der Waals surface area contributed by atoms with E-state index in [0.29, 0.717) is 26.4 Å². The molecule has 8 heteroatoms. The van der Waals surface area contributed by atoms with Crippen LogP contribution in [0, 0.1) is 0 Å². The molecule has 1 atom stereocenters. The van der Waals surface area contributed by atoms with Gasteiger partial charge in [0.15, 0.2) is 5.96 Å². The number of aliphatic imine (C=N–C) groups is 1. The topological polar surface area (TPSA) is 67.3 Å². The number of guanidine groups is 1. The number of nitrogens with one attached hydrogen (secondary N) is 2. The van der Waals surface area contributed by atoms with E-state index in [1.165, 1.54) is 5.56 Å². The quantitative estimate of drug-likeness (QED) is 0.170. The highest BCUT2D eigenvalue weighted by molar-refractivity contribution is 14.0. The Labute approximate surface area is 193 Å². The molecular weight excluding hydrogens is 483 g/mol. The zero-order valence-corrected chi connectivity index (χ0v) is 20.9. The highest BCUT2D eigenvalue weighted by Gasteiger charge is 2.14. The van der Waals surface area contributed by atoms with Gasteiger partial charge in [-0.05, 0) is 38.2 Å². The van der Waals surface area contributed by atoms with Gasteiger partial charge in [0.1, 0.15) is 5.75 Å². The number of benzene rings is 1. The van der Waals surface area contributed by atoms with E-state index >= 15 is 0 Å². The molecule has 0 radical (unpaired) electrons. The Balaban J connectivity index is 0.00000784. The Bertz CT molecular complexity index is 541. The van der Waals surface area contributed by atoms with Gasteiger partial charge in [-0.25, -0.2) is 0 Å². The van der Waals surface area contributed by atoms with Crippen LogP contribution in [-0.2, 0) is 9.47 Å². The van der Waals surface area contributed by atoms with Crippen LogP contribution in [0.2, 0.25) is 0 Å². The normalized spacial score (nSPS) is 12.4. The molecule has 1 aromatic carbocycles. The van der Waals surface area contributed by atoms with Crippen LogP contribution >= 0.6 is 24.0 Å². The number of ether oxygens (including phenoxy) is 3. The van der Waals surface area contributed by atoms with E-state index in [0.717, 1.165) is 37.7 Å². The van der Waals surface area contributed by atoms with E-state index in [-0.39, 0.29) is 30.0 Å². The number of rotatable bonds is 14. The molecular formula is C21H39IN4O3. The van der Waals surface area contributed by atoms with E-state index in [1.807, 2.05) is 12.1 Å². The molecule has 2 N–H and O–H groups in total. The number of methoxy groups -OCH3 is 1. The third-order valence-electron chi connectivity index (χ3n) is 4.36. The van der Waals surface area contributed by atoms with Crippen LogP contribution in [0.1, 0.15) is 31.4 Å². The zero-order valence-electron chi connectivity index (χ0n) is 18.6. The Morgan fingerprint density at radius 3 is 2.24 bits per heavy atom. The van der Waals surface area contributed by atoms with Gasteiger partial charge in [0.2, 0.25) is 0 Å². The van der Waals surface area contributed by atoms with Gasteiger partial charge in [0.05, 0.1) is 33.0 Å². The highest BCUT2D eigenvalue weighted by atomic mass is 127. The minimum absolute atomic E-state index is 0. The average Bonchev–Trinajstić information content (AvgIpc) is 2.71. The maximum absolute atomic E-state index is 5.57. The number of hydrogen-bond acceptors (Lipinski definition) is 5. The van der Waals surface area contributed by atoms with Gasteiger partial charge in [0, 0.05) is 26.7 Å². The molecule has 0 aliphatic carbocycles. The third kappa shape index (κ3) is 12.2. The summed E-state index contributed by atoms with van der Waals surface area (Å²) in [7, 11) is 7.60. The summed E-state index contributed by atoms with van der Waals surface area (Å²) in [6.45, 7) is 6.30. The van der Waals surface area contributed by atoms with Crippen LogP contribution in [0.3, 0.4) is 0 Å². The van der Waals surface area contributed by atoms with E-state index in [9.17, 15) is 0 Å². The van der Waals surface area contributed by atoms with Crippen molar-refractivity contribution in [3.63, 3.8) is 0 Å². The van der Waals surface area contributed by atoms with Crippen molar-refractivity contribution in [2.24, 2.45) is 4.99 Å². The fourth-order valence-electron chi connectivity index (χ4n) is 2.65. The second-order valence-corrected chi connectivity index (χ2v) is 6.71. The van der Waals surface area contributed by atoms with E-state index in [1.54, 1.807) is 14.2 Å². The average molecular weight is 522 g/mol. The lowest BCUT2D eigenvalue weighted by molar-refractivity contribution is 0.0487. The Morgan fingerprint density at radius 2 is 1.69 bits per heavy atom. The molecule has 29 heavy (non-hydrogen) atoms. The summed E-state index contributed by atoms with van der Waals surface area (Å²) in [6.07, 6.45) is 2.26. The van der Waals surface area contributed by atoms with E-state index in [2.05, 4.69) is 53.7 Å². The van der Waals surface area contributed by atoms with Gasteiger partial charge in [-0.2, -0.15) is 0 Å². The lowest BCUT2D eigenvalue weighted by Crippen LogP contribution is -2.42. The Hall–Kier alpha value is -1.10. The van der Waals surface area contributed by atoms with Gasteiger partial charge in [0.25, 0.3) is 0 Å². The summed E-state index contributed by atoms with van der Waals surface area (Å²) in [4.78, 5) is 6.47. The summed E-state index contributed by atoms with van der Waals surface area (Å²) >= 11 is 0. The van der Waals surface area contributed by atoms with Gasteiger partial charge in [-0.15, -0.1) is 24.0 Å². The molecule has 168 valence electrons. The Morgan fingerprint density at radius 1 is 1.03 bits per heavy atom. The first-order valence-corrected chi connectivity index (χ1v) is 10.0. The number of halogens is 1. The summed E-state index contributed by atoms with van der Waals surface area (Å²) in [5.41, 5.74) is 1.22. The molecule has 1 unspecified atom stereocenters. The van der Waals surface area contributed by atoms with Crippen LogP contribution in [0.4, 0.5) is 0 Å². The molecule has 0 spiro atoms. The summed E-state index contributed by atoms with van der Waals surface area (Å²) in [5.74, 6) is 1.63. The molecule has 0 aromatic heterocycles. The van der Waals surface area contributed by atoms with Crippen molar-refractivity contribution in [1.29, 1.82) is 0 Å². The first kappa shape index (κ1) is 27.9. The first-order valence-electron chi connectivity index (χ1n) is 10.0. The maximum atomic E-state index is 5.57. The molecule has 0 fully saturated rings. The number of nitrogens with zero attached hydrogens (tertiary/aromatic N) is 2.